The van der Waals surface area contributed by atoms with Crippen LogP contribution in [0.3, 0.4) is 0 Å². The lowest BCUT2D eigenvalue weighted by Crippen LogP contribution is -2.54. The van der Waals surface area contributed by atoms with Crippen molar-refractivity contribution in [2.24, 2.45) is 0 Å². The van der Waals surface area contributed by atoms with E-state index in [0.29, 0.717) is 13.2 Å². The summed E-state index contributed by atoms with van der Waals surface area (Å²) in [6.45, 7) is 2.03. The number of benzene rings is 2. The van der Waals surface area contributed by atoms with Crippen molar-refractivity contribution in [3.63, 3.8) is 0 Å². The Labute approximate surface area is 157 Å². The van der Waals surface area contributed by atoms with Gasteiger partial charge in [0.1, 0.15) is 12.2 Å². The van der Waals surface area contributed by atoms with Gasteiger partial charge in [0.2, 0.25) is 0 Å². The van der Waals surface area contributed by atoms with E-state index in [2.05, 4.69) is 0 Å². The van der Waals surface area contributed by atoms with Crippen LogP contribution in [-0.2, 0) is 35.1 Å². The van der Waals surface area contributed by atoms with Crippen LogP contribution in [0.5, 0.6) is 0 Å². The second-order valence-corrected chi connectivity index (χ2v) is 6.59. The summed E-state index contributed by atoms with van der Waals surface area (Å²) in [6.07, 6.45) is -2.70. The molecule has 2 saturated heterocycles. The minimum atomic E-state index is -0.714. The fourth-order valence-electron chi connectivity index (χ4n) is 3.34. The molecular weight excluding hydrogens is 348 g/mol. The van der Waals surface area contributed by atoms with E-state index in [4.69, 9.17) is 23.7 Å². The number of fused-ring (bicyclic) bond motifs is 1. The van der Waals surface area contributed by atoms with Crippen LogP contribution in [0, 0.1) is 0 Å². The SMILES string of the molecule is CC(=O)O[C@H]1[C@@H](OCc2ccccc2)OC[C@@H]2O[C@@H](c3ccccc3)O[C@H]12. The zero-order valence-electron chi connectivity index (χ0n) is 15.0. The van der Waals surface area contributed by atoms with Crippen LogP contribution in [0.25, 0.3) is 0 Å². The van der Waals surface area contributed by atoms with Crippen molar-refractivity contribution >= 4 is 5.97 Å². The Kier molecular flexibility index (Phi) is 5.50. The van der Waals surface area contributed by atoms with Gasteiger partial charge in [-0.2, -0.15) is 0 Å². The maximum atomic E-state index is 11.6. The number of carbonyl (C=O) groups excluding carboxylic acids is 1. The summed E-state index contributed by atoms with van der Waals surface area (Å²) in [6, 6.07) is 19.4. The van der Waals surface area contributed by atoms with Gasteiger partial charge in [-0.15, -0.1) is 0 Å². The highest BCUT2D eigenvalue weighted by Gasteiger charge is 2.51. The Morgan fingerprint density at radius 1 is 1.04 bits per heavy atom. The maximum Gasteiger partial charge on any atom is 0.303 e. The fraction of sp³-hybridized carbons (Fsp3) is 0.381. The predicted molar refractivity (Wildman–Crippen MR) is 95.5 cm³/mol. The Morgan fingerprint density at radius 3 is 2.44 bits per heavy atom. The van der Waals surface area contributed by atoms with Gasteiger partial charge in [0, 0.05) is 12.5 Å². The van der Waals surface area contributed by atoms with Crippen molar-refractivity contribution in [3.8, 4) is 0 Å². The summed E-state index contributed by atoms with van der Waals surface area (Å²) in [5, 5.41) is 0. The van der Waals surface area contributed by atoms with Gasteiger partial charge in [-0.3, -0.25) is 4.79 Å². The van der Waals surface area contributed by atoms with Crippen LogP contribution in [0.15, 0.2) is 60.7 Å². The van der Waals surface area contributed by atoms with Gasteiger partial charge in [0.25, 0.3) is 0 Å². The van der Waals surface area contributed by atoms with Crippen LogP contribution in [0.1, 0.15) is 24.3 Å². The quantitative estimate of drug-likeness (QED) is 0.754. The Balaban J connectivity index is 1.47. The third-order valence-corrected chi connectivity index (χ3v) is 4.59. The van der Waals surface area contributed by atoms with Gasteiger partial charge in [-0.25, -0.2) is 0 Å². The van der Waals surface area contributed by atoms with Crippen molar-refractivity contribution < 1.29 is 28.5 Å². The third kappa shape index (κ3) is 4.20. The van der Waals surface area contributed by atoms with Gasteiger partial charge in [-0.05, 0) is 5.56 Å². The number of hydrogen-bond acceptors (Lipinski definition) is 6. The van der Waals surface area contributed by atoms with Crippen molar-refractivity contribution in [1.82, 2.24) is 0 Å². The second kappa shape index (κ2) is 8.19. The van der Waals surface area contributed by atoms with E-state index in [-0.39, 0.29) is 6.10 Å². The molecule has 2 aliphatic heterocycles. The number of rotatable bonds is 5. The van der Waals surface area contributed by atoms with Gasteiger partial charge in [0.15, 0.2) is 18.7 Å². The molecule has 0 bridgehead atoms. The minimum absolute atomic E-state index is 0.311. The smallest absolute Gasteiger partial charge is 0.303 e. The Morgan fingerprint density at radius 2 is 1.74 bits per heavy atom. The highest BCUT2D eigenvalue weighted by molar-refractivity contribution is 5.66. The molecule has 5 atom stereocenters. The zero-order valence-corrected chi connectivity index (χ0v) is 15.0. The molecular formula is C21H22O6. The lowest BCUT2D eigenvalue weighted by atomic mass is 10.1. The number of ether oxygens (including phenoxy) is 5. The van der Waals surface area contributed by atoms with E-state index in [1.165, 1.54) is 6.92 Å². The molecule has 0 saturated carbocycles. The molecule has 6 nitrogen and oxygen atoms in total. The van der Waals surface area contributed by atoms with Crippen molar-refractivity contribution in [2.45, 2.75) is 44.4 Å². The fourth-order valence-corrected chi connectivity index (χ4v) is 3.34. The van der Waals surface area contributed by atoms with Gasteiger partial charge in [0.05, 0.1) is 13.2 Å². The molecule has 0 radical (unpaired) electrons. The summed E-state index contributed by atoms with van der Waals surface area (Å²) in [4.78, 5) is 11.6. The predicted octanol–water partition coefficient (Wildman–Crippen LogP) is 2.97. The van der Waals surface area contributed by atoms with Gasteiger partial charge < -0.3 is 23.7 Å². The molecule has 6 heteroatoms. The second-order valence-electron chi connectivity index (χ2n) is 6.59. The average molecular weight is 370 g/mol. The minimum Gasteiger partial charge on any atom is -0.454 e. The summed E-state index contributed by atoms with van der Waals surface area (Å²) in [5.41, 5.74) is 1.92. The normalized spacial score (nSPS) is 29.9. The molecule has 2 aromatic rings. The summed E-state index contributed by atoms with van der Waals surface area (Å²) < 4.78 is 29.3. The lowest BCUT2D eigenvalue weighted by Gasteiger charge is -2.36. The molecule has 0 aromatic heterocycles. The first-order chi connectivity index (χ1) is 13.2. The van der Waals surface area contributed by atoms with Crippen LogP contribution >= 0.6 is 0 Å². The summed E-state index contributed by atoms with van der Waals surface area (Å²) >= 11 is 0. The molecule has 142 valence electrons. The number of esters is 1. The average Bonchev–Trinajstić information content (AvgIpc) is 3.13. The first kappa shape index (κ1) is 18.1. The zero-order chi connectivity index (χ0) is 18.6. The molecule has 0 unspecified atom stereocenters. The molecule has 27 heavy (non-hydrogen) atoms. The molecule has 2 heterocycles. The first-order valence-electron chi connectivity index (χ1n) is 9.01. The first-order valence-corrected chi connectivity index (χ1v) is 9.01. The van der Waals surface area contributed by atoms with E-state index in [1.807, 2.05) is 60.7 Å². The van der Waals surface area contributed by atoms with Crippen molar-refractivity contribution in [1.29, 1.82) is 0 Å². The Hall–Kier alpha value is -2.25. The summed E-state index contributed by atoms with van der Waals surface area (Å²) in [5.74, 6) is -0.413. The number of hydrogen-bond donors (Lipinski definition) is 0. The molecule has 0 spiro atoms. The Bertz CT molecular complexity index is 750. The summed E-state index contributed by atoms with van der Waals surface area (Å²) in [7, 11) is 0. The van der Waals surface area contributed by atoms with E-state index < -0.39 is 30.8 Å². The lowest BCUT2D eigenvalue weighted by molar-refractivity contribution is -0.261. The van der Waals surface area contributed by atoms with E-state index in [0.717, 1.165) is 11.1 Å². The van der Waals surface area contributed by atoms with Crippen molar-refractivity contribution in [3.05, 3.63) is 71.8 Å². The molecule has 0 N–H and O–H groups in total. The highest BCUT2D eigenvalue weighted by Crippen LogP contribution is 2.37. The van der Waals surface area contributed by atoms with Crippen molar-refractivity contribution in [2.75, 3.05) is 6.61 Å². The number of carbonyl (C=O) groups is 1. The van der Waals surface area contributed by atoms with E-state index >= 15 is 0 Å². The third-order valence-electron chi connectivity index (χ3n) is 4.59. The molecule has 2 fully saturated rings. The van der Waals surface area contributed by atoms with Gasteiger partial charge in [-0.1, -0.05) is 60.7 Å². The molecule has 4 rings (SSSR count). The topological polar surface area (TPSA) is 63.2 Å². The molecule has 0 aliphatic carbocycles. The molecule has 2 aromatic carbocycles. The van der Waals surface area contributed by atoms with Crippen LogP contribution in [-0.4, -0.2) is 37.2 Å². The largest absolute Gasteiger partial charge is 0.454 e. The molecule has 2 aliphatic rings. The van der Waals surface area contributed by atoms with Gasteiger partial charge >= 0.3 is 5.97 Å². The van der Waals surface area contributed by atoms with Crippen LogP contribution in [0.4, 0.5) is 0 Å². The van der Waals surface area contributed by atoms with Crippen LogP contribution in [0.2, 0.25) is 0 Å². The highest BCUT2D eigenvalue weighted by atomic mass is 16.8. The van der Waals surface area contributed by atoms with E-state index in [9.17, 15) is 4.79 Å². The maximum absolute atomic E-state index is 11.6. The molecule has 0 amide bonds. The monoisotopic (exact) mass is 370 g/mol. The standard InChI is InChI=1S/C21H22O6/c1-14(22)25-19-18-17(26-20(27-18)16-10-6-3-7-11-16)13-24-21(19)23-12-15-8-4-2-5-9-15/h2-11,17-21H,12-13H2,1H3/t17-,18-,19+,20+,21-/m0/s1. The van der Waals surface area contributed by atoms with Crippen LogP contribution < -0.4 is 0 Å². The van der Waals surface area contributed by atoms with E-state index in [1.54, 1.807) is 0 Å².